The van der Waals surface area contributed by atoms with Gasteiger partial charge in [0.15, 0.2) is 11.9 Å². The normalized spacial score (nSPS) is 12.9. The first-order valence-electron chi connectivity index (χ1n) is 8.29. The summed E-state index contributed by atoms with van der Waals surface area (Å²) in [6.45, 7) is 1.84. The van der Waals surface area contributed by atoms with Crippen molar-refractivity contribution in [1.82, 2.24) is 10.3 Å². The fourth-order valence-corrected chi connectivity index (χ4v) is 2.43. The van der Waals surface area contributed by atoms with Gasteiger partial charge in [0.2, 0.25) is 0 Å². The number of aliphatic hydroxyl groups is 1. The third-order valence-electron chi connectivity index (χ3n) is 4.13. The van der Waals surface area contributed by atoms with E-state index in [1.165, 1.54) is 0 Å². The first kappa shape index (κ1) is 20.4. The van der Waals surface area contributed by atoms with Gasteiger partial charge >= 0.3 is 0 Å². The number of carbonyl (C=O) groups is 2. The van der Waals surface area contributed by atoms with Gasteiger partial charge in [-0.2, -0.15) is 0 Å². The molecule has 6 nitrogen and oxygen atoms in total. The number of aldehydes is 1. The van der Waals surface area contributed by atoms with E-state index in [2.05, 4.69) is 10.3 Å². The van der Waals surface area contributed by atoms with E-state index in [-0.39, 0.29) is 31.4 Å². The van der Waals surface area contributed by atoms with Crippen LogP contribution in [0.5, 0.6) is 0 Å². The molecule has 0 aliphatic carbocycles. The number of nitrogens with one attached hydrogen (secondary N) is 1. The SMILES string of the molecule is Cc1ccc(N(C)CCC(O)(C=O)C(=O)NCc2cc(F)cc(F)c2)cn1. The zero-order valence-corrected chi connectivity index (χ0v) is 15.1. The molecule has 8 heteroatoms. The fraction of sp³-hybridized carbons (Fsp3) is 0.316. The van der Waals surface area contributed by atoms with Crippen LogP contribution in [0.25, 0.3) is 0 Å². The summed E-state index contributed by atoms with van der Waals surface area (Å²) in [5.74, 6) is -2.49. The maximum atomic E-state index is 13.2. The minimum absolute atomic E-state index is 0.162. The largest absolute Gasteiger partial charge is 0.373 e. The number of anilines is 1. The van der Waals surface area contributed by atoms with Crippen LogP contribution in [-0.4, -0.2) is 41.5 Å². The van der Waals surface area contributed by atoms with Crippen LogP contribution in [-0.2, 0) is 16.1 Å². The summed E-state index contributed by atoms with van der Waals surface area (Å²) in [5.41, 5.74) is -0.454. The number of halogens is 2. The van der Waals surface area contributed by atoms with Gasteiger partial charge in [-0.05, 0) is 36.8 Å². The van der Waals surface area contributed by atoms with Crippen molar-refractivity contribution in [2.24, 2.45) is 0 Å². The molecule has 0 spiro atoms. The lowest BCUT2D eigenvalue weighted by molar-refractivity contribution is -0.146. The second-order valence-corrected chi connectivity index (χ2v) is 6.33. The predicted octanol–water partition coefficient (Wildman–Crippen LogP) is 1.74. The van der Waals surface area contributed by atoms with E-state index >= 15 is 0 Å². The Labute approximate surface area is 155 Å². The highest BCUT2D eigenvalue weighted by molar-refractivity contribution is 5.99. The van der Waals surface area contributed by atoms with Crippen molar-refractivity contribution in [3.8, 4) is 0 Å². The van der Waals surface area contributed by atoms with Gasteiger partial charge in [0.05, 0.1) is 11.9 Å². The lowest BCUT2D eigenvalue weighted by Crippen LogP contribution is -2.49. The van der Waals surface area contributed by atoms with Crippen LogP contribution in [0.4, 0.5) is 14.5 Å². The highest BCUT2D eigenvalue weighted by Gasteiger charge is 2.35. The van der Waals surface area contributed by atoms with Crippen molar-refractivity contribution >= 4 is 17.9 Å². The van der Waals surface area contributed by atoms with Crippen LogP contribution in [0.1, 0.15) is 17.7 Å². The zero-order valence-electron chi connectivity index (χ0n) is 15.1. The van der Waals surface area contributed by atoms with Gasteiger partial charge in [-0.15, -0.1) is 0 Å². The van der Waals surface area contributed by atoms with Gasteiger partial charge in [-0.3, -0.25) is 14.6 Å². The smallest absolute Gasteiger partial charge is 0.259 e. The molecule has 0 saturated heterocycles. The van der Waals surface area contributed by atoms with Crippen LogP contribution in [0.2, 0.25) is 0 Å². The summed E-state index contributed by atoms with van der Waals surface area (Å²) in [6, 6.07) is 6.48. The van der Waals surface area contributed by atoms with Crippen molar-refractivity contribution in [1.29, 1.82) is 0 Å². The number of aromatic nitrogens is 1. The first-order valence-corrected chi connectivity index (χ1v) is 8.29. The van der Waals surface area contributed by atoms with E-state index < -0.39 is 23.1 Å². The van der Waals surface area contributed by atoms with Crippen LogP contribution >= 0.6 is 0 Å². The molecule has 1 amide bonds. The van der Waals surface area contributed by atoms with E-state index in [1.54, 1.807) is 18.1 Å². The van der Waals surface area contributed by atoms with Gasteiger partial charge in [0.25, 0.3) is 5.91 Å². The number of pyridine rings is 1. The number of nitrogens with zero attached hydrogens (tertiary/aromatic N) is 2. The molecule has 27 heavy (non-hydrogen) atoms. The summed E-state index contributed by atoms with van der Waals surface area (Å²) in [7, 11) is 1.74. The van der Waals surface area contributed by atoms with Gasteiger partial charge < -0.3 is 15.3 Å². The summed E-state index contributed by atoms with van der Waals surface area (Å²) >= 11 is 0. The molecule has 1 aromatic carbocycles. The topological polar surface area (TPSA) is 82.5 Å². The van der Waals surface area contributed by atoms with Gasteiger partial charge in [-0.25, -0.2) is 8.78 Å². The maximum absolute atomic E-state index is 13.2. The minimum atomic E-state index is -2.25. The van der Waals surface area contributed by atoms with E-state index in [1.807, 2.05) is 19.1 Å². The molecule has 0 radical (unpaired) electrons. The molecule has 1 aromatic heterocycles. The van der Waals surface area contributed by atoms with Gasteiger partial charge in [0.1, 0.15) is 11.6 Å². The molecule has 0 aliphatic rings. The first-order chi connectivity index (χ1) is 12.7. The van der Waals surface area contributed by atoms with Gasteiger partial charge in [-0.1, -0.05) is 0 Å². The number of carbonyl (C=O) groups excluding carboxylic acids is 2. The van der Waals surface area contributed by atoms with Crippen molar-refractivity contribution in [3.63, 3.8) is 0 Å². The van der Waals surface area contributed by atoms with E-state index in [4.69, 9.17) is 0 Å². The number of hydrogen-bond acceptors (Lipinski definition) is 5. The molecule has 1 heterocycles. The number of benzene rings is 1. The van der Waals surface area contributed by atoms with Crippen LogP contribution in [0.3, 0.4) is 0 Å². The van der Waals surface area contributed by atoms with E-state index in [9.17, 15) is 23.5 Å². The average molecular weight is 377 g/mol. The number of rotatable bonds is 8. The van der Waals surface area contributed by atoms with E-state index in [0.717, 1.165) is 23.5 Å². The number of hydrogen-bond donors (Lipinski definition) is 2. The Hall–Kier alpha value is -2.87. The summed E-state index contributed by atoms with van der Waals surface area (Å²) in [4.78, 5) is 29.5. The summed E-state index contributed by atoms with van der Waals surface area (Å²) in [6.07, 6.45) is 1.65. The Morgan fingerprint density at radius 1 is 1.30 bits per heavy atom. The second kappa shape index (κ2) is 8.68. The molecule has 2 N–H and O–H groups in total. The van der Waals surface area contributed by atoms with Crippen molar-refractivity contribution in [3.05, 3.63) is 59.4 Å². The lowest BCUT2D eigenvalue weighted by atomic mass is 10.00. The summed E-state index contributed by atoms with van der Waals surface area (Å²) < 4.78 is 26.4. The maximum Gasteiger partial charge on any atom is 0.259 e. The highest BCUT2D eigenvalue weighted by atomic mass is 19.1. The summed E-state index contributed by atoms with van der Waals surface area (Å²) in [5, 5.41) is 12.7. The minimum Gasteiger partial charge on any atom is -0.373 e. The molecule has 0 saturated carbocycles. The highest BCUT2D eigenvalue weighted by Crippen LogP contribution is 2.15. The molecule has 2 rings (SSSR count). The van der Waals surface area contributed by atoms with Crippen molar-refractivity contribution < 1.29 is 23.5 Å². The Morgan fingerprint density at radius 3 is 2.52 bits per heavy atom. The molecule has 1 unspecified atom stereocenters. The third-order valence-corrected chi connectivity index (χ3v) is 4.13. The predicted molar refractivity (Wildman–Crippen MR) is 96.1 cm³/mol. The number of amides is 1. The molecular formula is C19H21F2N3O3. The Bertz CT molecular complexity index is 794. The molecule has 0 fully saturated rings. The molecule has 0 aliphatic heterocycles. The molecule has 1 atom stereocenters. The fourth-order valence-electron chi connectivity index (χ4n) is 2.43. The molecule has 0 bridgehead atoms. The standard InChI is InChI=1S/C19H21F2N3O3/c1-13-3-4-17(11-22-13)24(2)6-5-19(27,12-25)18(26)23-10-14-7-15(20)9-16(21)8-14/h3-4,7-9,11-12,27H,5-6,10H2,1-2H3,(H,23,26). The number of aryl methyl sites for hydroxylation is 1. The Balaban J connectivity index is 1.96. The average Bonchev–Trinajstić information content (AvgIpc) is 2.63. The van der Waals surface area contributed by atoms with Crippen molar-refractivity contribution in [2.75, 3.05) is 18.5 Å². The second-order valence-electron chi connectivity index (χ2n) is 6.33. The quantitative estimate of drug-likeness (QED) is 0.541. The van der Waals surface area contributed by atoms with Crippen LogP contribution in [0, 0.1) is 18.6 Å². The van der Waals surface area contributed by atoms with E-state index in [0.29, 0.717) is 6.07 Å². The van der Waals surface area contributed by atoms with Crippen molar-refractivity contribution in [2.45, 2.75) is 25.5 Å². The molecule has 144 valence electrons. The van der Waals surface area contributed by atoms with Crippen LogP contribution in [0.15, 0.2) is 36.5 Å². The zero-order chi connectivity index (χ0) is 20.0. The lowest BCUT2D eigenvalue weighted by Gasteiger charge is -2.25. The third kappa shape index (κ3) is 5.55. The monoisotopic (exact) mass is 377 g/mol. The Kier molecular flexibility index (Phi) is 6.57. The molecular weight excluding hydrogens is 356 g/mol. The molecule has 2 aromatic rings. The van der Waals surface area contributed by atoms with Crippen LogP contribution < -0.4 is 10.2 Å². The Morgan fingerprint density at radius 2 is 1.96 bits per heavy atom. The van der Waals surface area contributed by atoms with Gasteiger partial charge in [0, 0.05) is 38.3 Å².